The van der Waals surface area contributed by atoms with Crippen molar-refractivity contribution in [2.45, 2.75) is 23.6 Å². The molecule has 0 aliphatic heterocycles. The highest BCUT2D eigenvalue weighted by Gasteiger charge is 2.27. The molecule has 11 heteroatoms. The molecule has 0 spiro atoms. The van der Waals surface area contributed by atoms with E-state index in [1.165, 1.54) is 6.20 Å². The van der Waals surface area contributed by atoms with Gasteiger partial charge in [-0.05, 0) is 6.42 Å². The lowest BCUT2D eigenvalue weighted by Gasteiger charge is -2.13. The van der Waals surface area contributed by atoms with Crippen LogP contribution in [0.2, 0.25) is 0 Å². The van der Waals surface area contributed by atoms with E-state index in [0.717, 1.165) is 6.07 Å². The highest BCUT2D eigenvalue weighted by molar-refractivity contribution is 7.91. The SMILES string of the molecule is CCC(NS(=O)(=O)c1cc([N+](=O)[O-])c(N)s1)c1ncc[nH]1. The number of aromatic nitrogens is 2. The molecule has 0 amide bonds. The van der Waals surface area contributed by atoms with E-state index in [1.54, 1.807) is 13.1 Å². The zero-order valence-electron chi connectivity index (χ0n) is 10.9. The quantitative estimate of drug-likeness (QED) is 0.539. The highest BCUT2D eigenvalue weighted by Crippen LogP contribution is 2.34. The topological polar surface area (TPSA) is 144 Å². The number of nitrogens with one attached hydrogen (secondary N) is 2. The second-order valence-corrected chi connectivity index (χ2v) is 7.15. The maximum atomic E-state index is 12.3. The third-order valence-electron chi connectivity index (χ3n) is 2.73. The molecular formula is C10H13N5O4S2. The molecule has 0 aliphatic carbocycles. The van der Waals surface area contributed by atoms with Gasteiger partial charge in [0, 0.05) is 18.5 Å². The summed E-state index contributed by atoms with van der Waals surface area (Å²) < 4.78 is 26.8. The molecule has 4 N–H and O–H groups in total. The molecule has 21 heavy (non-hydrogen) atoms. The maximum Gasteiger partial charge on any atom is 0.304 e. The third-order valence-corrected chi connectivity index (χ3v) is 5.63. The van der Waals surface area contributed by atoms with Gasteiger partial charge in [0.25, 0.3) is 10.0 Å². The first kappa shape index (κ1) is 15.4. The van der Waals surface area contributed by atoms with Crippen LogP contribution < -0.4 is 10.5 Å². The van der Waals surface area contributed by atoms with Gasteiger partial charge in [-0.2, -0.15) is 4.72 Å². The van der Waals surface area contributed by atoms with E-state index in [1.807, 2.05) is 0 Å². The lowest BCUT2D eigenvalue weighted by Crippen LogP contribution is -2.28. The van der Waals surface area contributed by atoms with Crippen molar-refractivity contribution < 1.29 is 13.3 Å². The summed E-state index contributed by atoms with van der Waals surface area (Å²) in [4.78, 5) is 16.8. The number of hydrogen-bond donors (Lipinski definition) is 3. The zero-order chi connectivity index (χ0) is 15.6. The van der Waals surface area contributed by atoms with E-state index in [4.69, 9.17) is 5.73 Å². The summed E-state index contributed by atoms with van der Waals surface area (Å²) >= 11 is 0.654. The summed E-state index contributed by atoms with van der Waals surface area (Å²) in [6, 6.07) is 0.407. The van der Waals surface area contributed by atoms with Crippen molar-refractivity contribution in [3.05, 3.63) is 34.4 Å². The first-order valence-corrected chi connectivity index (χ1v) is 8.20. The van der Waals surface area contributed by atoms with Gasteiger partial charge in [-0.25, -0.2) is 13.4 Å². The highest BCUT2D eigenvalue weighted by atomic mass is 32.2. The van der Waals surface area contributed by atoms with Crippen LogP contribution in [0.25, 0.3) is 0 Å². The molecule has 9 nitrogen and oxygen atoms in total. The molecule has 2 aromatic rings. The molecule has 1 atom stereocenters. The van der Waals surface area contributed by atoms with Gasteiger partial charge in [0.15, 0.2) is 5.00 Å². The first-order valence-electron chi connectivity index (χ1n) is 5.90. The van der Waals surface area contributed by atoms with Gasteiger partial charge in [0.05, 0.1) is 11.0 Å². The summed E-state index contributed by atoms with van der Waals surface area (Å²) in [5.41, 5.74) is 5.05. The smallest absolute Gasteiger partial charge is 0.304 e. The number of nitro groups is 1. The normalized spacial score (nSPS) is 13.2. The van der Waals surface area contributed by atoms with Gasteiger partial charge in [0.1, 0.15) is 10.0 Å². The largest absolute Gasteiger partial charge is 0.385 e. The Bertz CT molecular complexity index is 738. The number of thiophene rings is 1. The molecule has 0 aromatic carbocycles. The van der Waals surface area contributed by atoms with Crippen LogP contribution in [0, 0.1) is 10.1 Å². The molecule has 0 bridgehead atoms. The number of anilines is 1. The summed E-state index contributed by atoms with van der Waals surface area (Å²) in [5.74, 6) is 0.472. The van der Waals surface area contributed by atoms with Gasteiger partial charge in [-0.15, -0.1) is 0 Å². The summed E-state index contributed by atoms with van der Waals surface area (Å²) in [7, 11) is -3.91. The molecule has 0 saturated heterocycles. The van der Waals surface area contributed by atoms with Crippen LogP contribution in [0.3, 0.4) is 0 Å². The van der Waals surface area contributed by atoms with Gasteiger partial charge < -0.3 is 10.7 Å². The Hall–Kier alpha value is -1.98. The number of nitrogen functional groups attached to an aromatic ring is 1. The van der Waals surface area contributed by atoms with E-state index in [0.29, 0.717) is 23.6 Å². The Morgan fingerprint density at radius 3 is 2.81 bits per heavy atom. The number of imidazole rings is 1. The fourth-order valence-corrected chi connectivity index (χ4v) is 4.21. The molecule has 114 valence electrons. The summed E-state index contributed by atoms with van der Waals surface area (Å²) in [6.07, 6.45) is 3.57. The van der Waals surface area contributed by atoms with Crippen molar-refractivity contribution in [2.75, 3.05) is 5.73 Å². The van der Waals surface area contributed by atoms with E-state index in [2.05, 4.69) is 14.7 Å². The predicted octanol–water partition coefficient (Wildman–Crippen LogP) is 1.39. The molecule has 0 saturated carbocycles. The Morgan fingerprint density at radius 1 is 1.62 bits per heavy atom. The minimum absolute atomic E-state index is 0.147. The van der Waals surface area contributed by atoms with Gasteiger partial charge in [-0.1, -0.05) is 18.3 Å². The zero-order valence-corrected chi connectivity index (χ0v) is 12.6. The van der Waals surface area contributed by atoms with Crippen LogP contribution in [0.5, 0.6) is 0 Å². The minimum atomic E-state index is -3.91. The Morgan fingerprint density at radius 2 is 2.33 bits per heavy atom. The molecule has 2 rings (SSSR count). The number of H-pyrrole nitrogens is 1. The van der Waals surface area contributed by atoms with E-state index in [9.17, 15) is 18.5 Å². The van der Waals surface area contributed by atoms with Crippen LogP contribution in [0.1, 0.15) is 25.2 Å². The summed E-state index contributed by atoms with van der Waals surface area (Å²) in [5, 5.41) is 10.6. The second kappa shape index (κ2) is 5.79. The van der Waals surface area contributed by atoms with Crippen LogP contribution in [0.15, 0.2) is 22.7 Å². The average molecular weight is 331 g/mol. The van der Waals surface area contributed by atoms with Crippen LogP contribution in [0.4, 0.5) is 10.7 Å². The number of sulfonamides is 1. The second-order valence-electron chi connectivity index (χ2n) is 4.13. The Kier molecular flexibility index (Phi) is 4.25. The number of nitrogens with two attached hydrogens (primary N) is 1. The number of aromatic amines is 1. The lowest BCUT2D eigenvalue weighted by atomic mass is 10.2. The standard InChI is InChI=1S/C10H13N5O4S2/c1-2-6(10-12-3-4-13-10)14-21(18,19)8-5-7(15(16)17)9(11)20-8/h3-6,14H,2,11H2,1H3,(H,12,13). The number of hydrogen-bond acceptors (Lipinski definition) is 7. The molecular weight excluding hydrogens is 318 g/mol. The van der Waals surface area contributed by atoms with Crippen molar-refractivity contribution in [3.8, 4) is 0 Å². The van der Waals surface area contributed by atoms with E-state index < -0.39 is 26.7 Å². The molecule has 0 fully saturated rings. The third kappa shape index (κ3) is 3.20. The lowest BCUT2D eigenvalue weighted by molar-refractivity contribution is -0.383. The van der Waals surface area contributed by atoms with Gasteiger partial charge in [-0.3, -0.25) is 10.1 Å². The molecule has 2 heterocycles. The molecule has 1 unspecified atom stereocenters. The average Bonchev–Trinajstić information content (AvgIpc) is 3.05. The monoisotopic (exact) mass is 331 g/mol. The van der Waals surface area contributed by atoms with Crippen molar-refractivity contribution in [3.63, 3.8) is 0 Å². The molecule has 0 radical (unpaired) electrons. The van der Waals surface area contributed by atoms with Crippen LogP contribution in [-0.2, 0) is 10.0 Å². The van der Waals surface area contributed by atoms with Crippen molar-refractivity contribution in [1.82, 2.24) is 14.7 Å². The van der Waals surface area contributed by atoms with Gasteiger partial charge in [0.2, 0.25) is 0 Å². The maximum absolute atomic E-state index is 12.3. The molecule has 2 aromatic heterocycles. The van der Waals surface area contributed by atoms with Crippen LogP contribution in [-0.4, -0.2) is 23.3 Å². The fourth-order valence-electron chi connectivity index (χ4n) is 1.69. The van der Waals surface area contributed by atoms with Gasteiger partial charge >= 0.3 is 5.69 Å². The van der Waals surface area contributed by atoms with E-state index in [-0.39, 0.29) is 9.21 Å². The first-order chi connectivity index (χ1) is 9.85. The van der Waals surface area contributed by atoms with Crippen LogP contribution >= 0.6 is 11.3 Å². The van der Waals surface area contributed by atoms with E-state index >= 15 is 0 Å². The Balaban J connectivity index is 2.30. The molecule has 0 aliphatic rings. The van der Waals surface area contributed by atoms with Crippen molar-refractivity contribution in [2.24, 2.45) is 0 Å². The van der Waals surface area contributed by atoms with Crippen molar-refractivity contribution >= 4 is 32.0 Å². The predicted molar refractivity (Wildman–Crippen MR) is 77.3 cm³/mol. The fraction of sp³-hybridized carbons (Fsp3) is 0.300. The number of rotatable bonds is 6. The number of nitrogens with zero attached hydrogens (tertiary/aromatic N) is 2. The minimum Gasteiger partial charge on any atom is -0.385 e. The summed E-state index contributed by atoms with van der Waals surface area (Å²) in [6.45, 7) is 1.79. The van der Waals surface area contributed by atoms with Crippen molar-refractivity contribution in [1.29, 1.82) is 0 Å². The Labute approximate surface area is 124 Å².